The molecule has 3 aromatic carbocycles. The zero-order valence-electron chi connectivity index (χ0n) is 28.2. The van der Waals surface area contributed by atoms with Crippen LogP contribution in [0.1, 0.15) is 96.0 Å². The molecule has 0 radical (unpaired) electrons. The molecule has 0 spiro atoms. The summed E-state index contributed by atoms with van der Waals surface area (Å²) in [6.45, 7) is 13.6. The molecule has 46 heavy (non-hydrogen) atoms. The molecule has 4 rings (SSSR count). The van der Waals surface area contributed by atoms with Gasteiger partial charge in [0.25, 0.3) is 0 Å². The lowest BCUT2D eigenvalue weighted by Crippen LogP contribution is -2.34. The predicted octanol–water partition coefficient (Wildman–Crippen LogP) is 8.65. The molecule has 1 heterocycles. The molecule has 1 aliphatic rings. The zero-order valence-corrected chi connectivity index (χ0v) is 28.2. The minimum atomic E-state index is -0.664. The highest BCUT2D eigenvalue weighted by Gasteiger charge is 2.22. The summed E-state index contributed by atoms with van der Waals surface area (Å²) in [5.74, 6) is -0.139. The number of aryl methyl sites for hydroxylation is 1. The summed E-state index contributed by atoms with van der Waals surface area (Å²) in [5, 5.41) is 2.75. The molecule has 1 saturated heterocycles. The van der Waals surface area contributed by atoms with Crippen molar-refractivity contribution in [2.24, 2.45) is 0 Å². The van der Waals surface area contributed by atoms with Gasteiger partial charge in [0.1, 0.15) is 29.4 Å². The first-order valence-electron chi connectivity index (χ1n) is 16.1. The molecule has 0 saturated carbocycles. The van der Waals surface area contributed by atoms with Gasteiger partial charge in [-0.3, -0.25) is 4.79 Å². The molecule has 248 valence electrons. The standard InChI is InChI=1S/C38H48FNO6/c1-25(40-36(42)46-38(5,6)7)31-14-10-15-32(35(31)39)29-21-26(17-18-30-13-11-19-43-30)20-27(22-29)24-44-33-16-9-8-12-28(33)23-34(41)45-37(2,3)4/h8-10,12,14-16,20-22,25,30H,11,13,17-19,23-24H2,1-7H3,(H,40,42). The van der Waals surface area contributed by atoms with Gasteiger partial charge in [0.15, 0.2) is 0 Å². The van der Waals surface area contributed by atoms with Crippen LogP contribution in [0, 0.1) is 5.82 Å². The maximum atomic E-state index is 16.1. The first-order chi connectivity index (χ1) is 21.7. The van der Waals surface area contributed by atoms with Gasteiger partial charge in [-0.05, 0) is 103 Å². The minimum absolute atomic E-state index is 0.0909. The summed E-state index contributed by atoms with van der Waals surface area (Å²) >= 11 is 0. The van der Waals surface area contributed by atoms with E-state index in [2.05, 4.69) is 11.4 Å². The van der Waals surface area contributed by atoms with Crippen molar-refractivity contribution in [1.82, 2.24) is 5.32 Å². The third-order valence-corrected chi connectivity index (χ3v) is 7.49. The molecule has 1 amide bonds. The number of hydrogen-bond donors (Lipinski definition) is 1. The summed E-state index contributed by atoms with van der Waals surface area (Å²) < 4.78 is 39.2. The summed E-state index contributed by atoms with van der Waals surface area (Å²) in [4.78, 5) is 25.0. The summed E-state index contributed by atoms with van der Waals surface area (Å²) in [5.41, 5.74) is 2.93. The number of benzene rings is 3. The lowest BCUT2D eigenvalue weighted by molar-refractivity contribution is -0.153. The van der Waals surface area contributed by atoms with E-state index in [1.165, 1.54) is 0 Å². The number of ether oxygens (including phenoxy) is 4. The van der Waals surface area contributed by atoms with Crippen LogP contribution in [0.25, 0.3) is 11.1 Å². The molecular weight excluding hydrogens is 585 g/mol. The number of para-hydroxylation sites is 1. The highest BCUT2D eigenvalue weighted by atomic mass is 19.1. The van der Waals surface area contributed by atoms with E-state index in [0.29, 0.717) is 22.4 Å². The van der Waals surface area contributed by atoms with E-state index in [4.69, 9.17) is 18.9 Å². The van der Waals surface area contributed by atoms with Crippen molar-refractivity contribution in [3.8, 4) is 16.9 Å². The maximum absolute atomic E-state index is 16.1. The average Bonchev–Trinajstić information content (AvgIpc) is 3.47. The van der Waals surface area contributed by atoms with Gasteiger partial charge in [-0.1, -0.05) is 48.5 Å². The second-order valence-electron chi connectivity index (χ2n) is 13.9. The van der Waals surface area contributed by atoms with Gasteiger partial charge in [0, 0.05) is 23.3 Å². The van der Waals surface area contributed by atoms with Crippen molar-refractivity contribution in [3.05, 3.63) is 88.7 Å². The first kappa shape index (κ1) is 35.0. The lowest BCUT2D eigenvalue weighted by Gasteiger charge is -2.22. The highest BCUT2D eigenvalue weighted by Crippen LogP contribution is 2.31. The average molecular weight is 634 g/mol. The number of carbonyl (C=O) groups excluding carboxylic acids is 2. The number of carbonyl (C=O) groups is 2. The smallest absolute Gasteiger partial charge is 0.408 e. The van der Waals surface area contributed by atoms with Crippen molar-refractivity contribution in [2.75, 3.05) is 6.61 Å². The highest BCUT2D eigenvalue weighted by molar-refractivity contribution is 5.74. The molecular formula is C38H48FNO6. The Bertz CT molecular complexity index is 1500. The van der Waals surface area contributed by atoms with Crippen LogP contribution < -0.4 is 10.1 Å². The van der Waals surface area contributed by atoms with Gasteiger partial charge in [0.05, 0.1) is 18.6 Å². The van der Waals surface area contributed by atoms with Crippen molar-refractivity contribution in [1.29, 1.82) is 0 Å². The molecule has 7 nitrogen and oxygen atoms in total. The van der Waals surface area contributed by atoms with Crippen LogP contribution >= 0.6 is 0 Å². The van der Waals surface area contributed by atoms with E-state index < -0.39 is 29.2 Å². The van der Waals surface area contributed by atoms with Crippen molar-refractivity contribution in [2.45, 2.75) is 111 Å². The number of amides is 1. The summed E-state index contributed by atoms with van der Waals surface area (Å²) in [6.07, 6.45) is 3.48. The van der Waals surface area contributed by atoms with Gasteiger partial charge in [-0.2, -0.15) is 0 Å². The lowest BCUT2D eigenvalue weighted by atomic mass is 9.94. The number of hydrogen-bond acceptors (Lipinski definition) is 6. The number of esters is 1. The minimum Gasteiger partial charge on any atom is -0.489 e. The second kappa shape index (κ2) is 15.1. The van der Waals surface area contributed by atoms with E-state index >= 15 is 4.39 Å². The molecule has 1 aliphatic heterocycles. The Balaban J connectivity index is 1.59. The van der Waals surface area contributed by atoms with Crippen LogP contribution in [0.3, 0.4) is 0 Å². The van der Waals surface area contributed by atoms with E-state index in [-0.39, 0.29) is 25.1 Å². The predicted molar refractivity (Wildman–Crippen MR) is 177 cm³/mol. The maximum Gasteiger partial charge on any atom is 0.408 e. The number of rotatable bonds is 11. The third kappa shape index (κ3) is 10.6. The van der Waals surface area contributed by atoms with Gasteiger partial charge in [-0.25, -0.2) is 9.18 Å². The molecule has 0 aromatic heterocycles. The van der Waals surface area contributed by atoms with Gasteiger partial charge in [-0.15, -0.1) is 0 Å². The molecule has 8 heteroatoms. The van der Waals surface area contributed by atoms with Gasteiger partial charge in [0.2, 0.25) is 0 Å². The van der Waals surface area contributed by atoms with Crippen LogP contribution in [-0.4, -0.2) is 36.0 Å². The molecule has 0 aliphatic carbocycles. The zero-order chi connectivity index (χ0) is 33.5. The number of nitrogens with one attached hydrogen (secondary N) is 1. The number of halogens is 1. The van der Waals surface area contributed by atoms with Crippen molar-refractivity contribution < 1.29 is 32.9 Å². The summed E-state index contributed by atoms with van der Waals surface area (Å²) in [7, 11) is 0. The van der Waals surface area contributed by atoms with E-state index in [0.717, 1.165) is 49.0 Å². The van der Waals surface area contributed by atoms with E-state index in [1.807, 2.05) is 57.2 Å². The van der Waals surface area contributed by atoms with Gasteiger partial charge >= 0.3 is 12.1 Å². The fraction of sp³-hybridized carbons (Fsp3) is 0.474. The van der Waals surface area contributed by atoms with Crippen molar-refractivity contribution in [3.63, 3.8) is 0 Å². The quantitative estimate of drug-likeness (QED) is 0.213. The van der Waals surface area contributed by atoms with Crippen molar-refractivity contribution >= 4 is 12.1 Å². The van der Waals surface area contributed by atoms with Crippen LogP contribution in [0.15, 0.2) is 60.7 Å². The van der Waals surface area contributed by atoms with Crippen LogP contribution in [0.4, 0.5) is 9.18 Å². The molecule has 2 unspecified atom stereocenters. The largest absolute Gasteiger partial charge is 0.489 e. The Morgan fingerprint density at radius 2 is 1.67 bits per heavy atom. The van der Waals surface area contributed by atoms with E-state index in [1.54, 1.807) is 45.9 Å². The Morgan fingerprint density at radius 1 is 0.957 bits per heavy atom. The Kier molecular flexibility index (Phi) is 11.5. The van der Waals surface area contributed by atoms with E-state index in [9.17, 15) is 9.59 Å². The normalized spacial score (nSPS) is 15.7. The topological polar surface area (TPSA) is 83.1 Å². The van der Waals surface area contributed by atoms with Crippen LogP contribution in [-0.2, 0) is 38.5 Å². The van der Waals surface area contributed by atoms with Crippen LogP contribution in [0.2, 0.25) is 0 Å². The first-order valence-corrected chi connectivity index (χ1v) is 16.1. The molecule has 3 aromatic rings. The Labute approximate surface area is 272 Å². The summed E-state index contributed by atoms with van der Waals surface area (Å²) in [6, 6.07) is 18.1. The second-order valence-corrected chi connectivity index (χ2v) is 13.9. The molecule has 0 bridgehead atoms. The fourth-order valence-electron chi connectivity index (χ4n) is 5.50. The molecule has 1 fully saturated rings. The monoisotopic (exact) mass is 633 g/mol. The third-order valence-electron chi connectivity index (χ3n) is 7.49. The molecule has 2 atom stereocenters. The fourth-order valence-corrected chi connectivity index (χ4v) is 5.50. The number of alkyl carbamates (subject to hydrolysis) is 1. The molecule has 1 N–H and O–H groups in total. The Morgan fingerprint density at radius 3 is 2.37 bits per heavy atom. The Hall–Kier alpha value is -3.91. The van der Waals surface area contributed by atoms with Crippen LogP contribution in [0.5, 0.6) is 5.75 Å². The SMILES string of the molecule is CC(NC(=O)OC(C)(C)C)c1cccc(-c2cc(CCC3CCCO3)cc(COc3ccccc3CC(=O)OC(C)(C)C)c2)c1F. The van der Waals surface area contributed by atoms with Gasteiger partial charge < -0.3 is 24.3 Å².